The van der Waals surface area contributed by atoms with Crippen LogP contribution in [0.5, 0.6) is 0 Å². The zero-order valence-corrected chi connectivity index (χ0v) is 21.2. The highest BCUT2D eigenvalue weighted by Gasteiger charge is 2.27. The summed E-state index contributed by atoms with van der Waals surface area (Å²) < 4.78 is 4.95. The molecule has 7 nitrogen and oxygen atoms in total. The van der Waals surface area contributed by atoms with Gasteiger partial charge in [0.25, 0.3) is 0 Å². The highest BCUT2D eigenvalue weighted by molar-refractivity contribution is 5.97. The Labute approximate surface area is 215 Å². The second-order valence-corrected chi connectivity index (χ2v) is 9.69. The highest BCUT2D eigenvalue weighted by atomic mass is 16.5. The predicted octanol–water partition coefficient (Wildman–Crippen LogP) is 5.59. The summed E-state index contributed by atoms with van der Waals surface area (Å²) in [6.07, 6.45) is 1.84. The number of carbonyl (C=O) groups excluding carboxylic acids is 1. The SMILES string of the molecule is COC(=O)c1ccc2nc(-c3ccc4[nH]c(C)cc4c3)c(N3CCN(c4ccccn4)C[C@@H]3C)cc2c1. The molecule has 1 aliphatic heterocycles. The van der Waals surface area contributed by atoms with Gasteiger partial charge in [-0.05, 0) is 68.4 Å². The summed E-state index contributed by atoms with van der Waals surface area (Å²) in [7, 11) is 1.40. The lowest BCUT2D eigenvalue weighted by molar-refractivity contribution is 0.0601. The van der Waals surface area contributed by atoms with E-state index in [9.17, 15) is 4.79 Å². The van der Waals surface area contributed by atoms with Crippen LogP contribution in [-0.2, 0) is 4.74 Å². The monoisotopic (exact) mass is 491 g/mol. The van der Waals surface area contributed by atoms with Gasteiger partial charge in [0.2, 0.25) is 0 Å². The number of H-pyrrole nitrogens is 1. The molecule has 0 unspecified atom stereocenters. The zero-order chi connectivity index (χ0) is 25.5. The van der Waals surface area contributed by atoms with E-state index in [0.717, 1.165) is 69.9 Å². The van der Waals surface area contributed by atoms with Gasteiger partial charge in [0.1, 0.15) is 5.82 Å². The molecule has 1 fully saturated rings. The first-order valence-corrected chi connectivity index (χ1v) is 12.6. The van der Waals surface area contributed by atoms with Gasteiger partial charge in [0.15, 0.2) is 0 Å². The number of hydrogen-bond donors (Lipinski definition) is 1. The number of ether oxygens (including phenoxy) is 1. The first-order valence-electron chi connectivity index (χ1n) is 12.6. The fourth-order valence-electron chi connectivity index (χ4n) is 5.33. The fraction of sp³-hybridized carbons (Fsp3) is 0.233. The second-order valence-electron chi connectivity index (χ2n) is 9.69. The summed E-state index contributed by atoms with van der Waals surface area (Å²) in [5, 5.41) is 2.08. The number of benzene rings is 2. The number of nitrogens with one attached hydrogen (secondary N) is 1. The Morgan fingerprint density at radius 3 is 2.70 bits per heavy atom. The molecule has 0 radical (unpaired) electrons. The summed E-state index contributed by atoms with van der Waals surface area (Å²) in [6.45, 7) is 6.86. The molecular weight excluding hydrogens is 462 g/mol. The molecule has 6 rings (SSSR count). The average molecular weight is 492 g/mol. The number of methoxy groups -OCH3 is 1. The number of nitrogens with zero attached hydrogens (tertiary/aromatic N) is 4. The summed E-state index contributed by atoms with van der Waals surface area (Å²) in [4.78, 5) is 30.1. The Hall–Kier alpha value is -4.39. The van der Waals surface area contributed by atoms with E-state index >= 15 is 0 Å². The topological polar surface area (TPSA) is 74.3 Å². The van der Waals surface area contributed by atoms with Gasteiger partial charge in [-0.2, -0.15) is 0 Å². The van der Waals surface area contributed by atoms with Gasteiger partial charge in [-0.15, -0.1) is 0 Å². The molecular formula is C30H29N5O2. The molecule has 5 aromatic rings. The maximum Gasteiger partial charge on any atom is 0.337 e. The van der Waals surface area contributed by atoms with Crippen LogP contribution in [0.2, 0.25) is 0 Å². The van der Waals surface area contributed by atoms with Crippen LogP contribution in [0, 0.1) is 6.92 Å². The molecule has 7 heteroatoms. The molecule has 0 amide bonds. The molecule has 0 saturated carbocycles. The molecule has 2 aromatic carbocycles. The van der Waals surface area contributed by atoms with Crippen molar-refractivity contribution < 1.29 is 9.53 Å². The Balaban J connectivity index is 1.46. The van der Waals surface area contributed by atoms with Crippen molar-refractivity contribution in [2.24, 2.45) is 0 Å². The second kappa shape index (κ2) is 9.24. The van der Waals surface area contributed by atoms with Crippen LogP contribution in [0.4, 0.5) is 11.5 Å². The van der Waals surface area contributed by atoms with Gasteiger partial charge in [-0.25, -0.2) is 14.8 Å². The van der Waals surface area contributed by atoms with E-state index in [-0.39, 0.29) is 12.0 Å². The van der Waals surface area contributed by atoms with Gasteiger partial charge >= 0.3 is 5.97 Å². The van der Waals surface area contributed by atoms with Crippen molar-refractivity contribution >= 4 is 39.3 Å². The number of pyridine rings is 2. The smallest absolute Gasteiger partial charge is 0.337 e. The lowest BCUT2D eigenvalue weighted by Gasteiger charge is -2.42. The van der Waals surface area contributed by atoms with Gasteiger partial charge in [-0.3, -0.25) is 0 Å². The number of aryl methyl sites for hydroxylation is 1. The molecule has 4 heterocycles. The third-order valence-corrected chi connectivity index (χ3v) is 7.15. The normalized spacial score (nSPS) is 15.9. The van der Waals surface area contributed by atoms with Crippen molar-refractivity contribution in [3.05, 3.63) is 84.2 Å². The molecule has 0 bridgehead atoms. The number of piperazine rings is 1. The van der Waals surface area contributed by atoms with Crippen LogP contribution in [0.1, 0.15) is 23.0 Å². The molecule has 1 atom stereocenters. The summed E-state index contributed by atoms with van der Waals surface area (Å²) in [6, 6.07) is 22.6. The average Bonchev–Trinajstić information content (AvgIpc) is 3.31. The number of aromatic amines is 1. The lowest BCUT2D eigenvalue weighted by atomic mass is 10.0. The number of carbonyl (C=O) groups is 1. The van der Waals surface area contributed by atoms with Crippen LogP contribution in [0.25, 0.3) is 33.1 Å². The van der Waals surface area contributed by atoms with Crippen LogP contribution in [0.15, 0.2) is 72.9 Å². The van der Waals surface area contributed by atoms with E-state index in [1.54, 1.807) is 6.07 Å². The molecule has 0 spiro atoms. The van der Waals surface area contributed by atoms with Crippen LogP contribution in [0.3, 0.4) is 0 Å². The molecule has 0 aliphatic carbocycles. The van der Waals surface area contributed by atoms with Gasteiger partial charge in [0, 0.05) is 59.4 Å². The molecule has 37 heavy (non-hydrogen) atoms. The van der Waals surface area contributed by atoms with Crippen LogP contribution >= 0.6 is 0 Å². The molecule has 1 N–H and O–H groups in total. The Kier molecular flexibility index (Phi) is 5.75. The predicted molar refractivity (Wildman–Crippen MR) is 148 cm³/mol. The van der Waals surface area contributed by atoms with Crippen molar-refractivity contribution in [3.8, 4) is 11.3 Å². The number of aromatic nitrogens is 3. The van der Waals surface area contributed by atoms with E-state index < -0.39 is 0 Å². The van der Waals surface area contributed by atoms with E-state index in [2.05, 4.69) is 70.0 Å². The number of anilines is 2. The Morgan fingerprint density at radius 2 is 1.92 bits per heavy atom. The molecule has 1 saturated heterocycles. The van der Waals surface area contributed by atoms with Crippen LogP contribution in [-0.4, -0.2) is 53.7 Å². The maximum absolute atomic E-state index is 12.2. The molecule has 186 valence electrons. The summed E-state index contributed by atoms with van der Waals surface area (Å²) >= 11 is 0. The van der Waals surface area contributed by atoms with E-state index in [0.29, 0.717) is 5.56 Å². The van der Waals surface area contributed by atoms with Crippen molar-refractivity contribution in [3.63, 3.8) is 0 Å². The van der Waals surface area contributed by atoms with E-state index in [1.165, 1.54) is 7.11 Å². The quantitative estimate of drug-likeness (QED) is 0.331. The highest BCUT2D eigenvalue weighted by Crippen LogP contribution is 2.36. The minimum atomic E-state index is -0.349. The minimum Gasteiger partial charge on any atom is -0.465 e. The number of hydrogen-bond acceptors (Lipinski definition) is 6. The van der Waals surface area contributed by atoms with Crippen molar-refractivity contribution in [2.75, 3.05) is 36.5 Å². The number of esters is 1. The molecule has 1 aliphatic rings. The fourth-order valence-corrected chi connectivity index (χ4v) is 5.33. The standard InChI is InChI=1S/C30H29N5O2/c1-19-14-23-15-21(7-9-25(23)32-19)29-27(17-24-16-22(30(36)37-3)8-10-26(24)33-29)35-13-12-34(18-20(35)2)28-6-4-5-11-31-28/h4-11,14-17,20,32H,12-13,18H2,1-3H3/t20-/m0/s1. The van der Waals surface area contributed by atoms with Crippen molar-refractivity contribution in [1.29, 1.82) is 0 Å². The third-order valence-electron chi connectivity index (χ3n) is 7.15. The van der Waals surface area contributed by atoms with Gasteiger partial charge < -0.3 is 19.5 Å². The number of fused-ring (bicyclic) bond motifs is 2. The van der Waals surface area contributed by atoms with Gasteiger partial charge in [0.05, 0.1) is 29.6 Å². The first kappa shape index (κ1) is 23.0. The lowest BCUT2D eigenvalue weighted by Crippen LogP contribution is -2.52. The van der Waals surface area contributed by atoms with E-state index in [4.69, 9.17) is 9.72 Å². The first-order chi connectivity index (χ1) is 18.0. The molecule has 3 aromatic heterocycles. The van der Waals surface area contributed by atoms with Gasteiger partial charge in [-0.1, -0.05) is 12.1 Å². The van der Waals surface area contributed by atoms with E-state index in [1.807, 2.05) is 30.5 Å². The zero-order valence-electron chi connectivity index (χ0n) is 21.2. The van der Waals surface area contributed by atoms with Crippen LogP contribution < -0.4 is 9.80 Å². The largest absolute Gasteiger partial charge is 0.465 e. The Morgan fingerprint density at radius 1 is 1.03 bits per heavy atom. The Bertz CT molecular complexity index is 1610. The van der Waals surface area contributed by atoms with Crippen molar-refractivity contribution in [2.45, 2.75) is 19.9 Å². The summed E-state index contributed by atoms with van der Waals surface area (Å²) in [5.74, 6) is 0.653. The van der Waals surface area contributed by atoms with Crippen molar-refractivity contribution in [1.82, 2.24) is 15.0 Å². The number of rotatable bonds is 4. The minimum absolute atomic E-state index is 0.232. The maximum atomic E-state index is 12.2. The third kappa shape index (κ3) is 4.27. The summed E-state index contributed by atoms with van der Waals surface area (Å²) in [5.41, 5.74) is 6.69.